The van der Waals surface area contributed by atoms with Gasteiger partial charge in [-0.1, -0.05) is 40.2 Å². The van der Waals surface area contributed by atoms with Gasteiger partial charge in [0.05, 0.1) is 0 Å². The Bertz CT molecular complexity index is 820. The lowest BCUT2D eigenvalue weighted by atomic mass is 10.0. The zero-order valence-electron chi connectivity index (χ0n) is 10.6. The SMILES string of the molecule is Cc1c(Br)cccc1C(=O)c1cc2cccc(F)c2o1. The van der Waals surface area contributed by atoms with Gasteiger partial charge in [0.2, 0.25) is 5.78 Å². The van der Waals surface area contributed by atoms with Crippen molar-refractivity contribution in [3.05, 3.63) is 69.6 Å². The molecule has 2 aromatic carbocycles. The van der Waals surface area contributed by atoms with Crippen molar-refractivity contribution in [1.82, 2.24) is 0 Å². The smallest absolute Gasteiger partial charge is 0.228 e. The van der Waals surface area contributed by atoms with Gasteiger partial charge in [0.1, 0.15) is 0 Å². The monoisotopic (exact) mass is 332 g/mol. The van der Waals surface area contributed by atoms with Gasteiger partial charge in [-0.25, -0.2) is 4.39 Å². The van der Waals surface area contributed by atoms with Gasteiger partial charge in [-0.3, -0.25) is 4.79 Å². The summed E-state index contributed by atoms with van der Waals surface area (Å²) in [5, 5.41) is 0.584. The molecule has 0 radical (unpaired) electrons. The number of carbonyl (C=O) groups is 1. The number of halogens is 2. The molecule has 1 aromatic heterocycles. The van der Waals surface area contributed by atoms with Crippen molar-refractivity contribution in [1.29, 1.82) is 0 Å². The highest BCUT2D eigenvalue weighted by molar-refractivity contribution is 9.10. The molecule has 4 heteroatoms. The first kappa shape index (κ1) is 13.1. The molecule has 0 spiro atoms. The van der Waals surface area contributed by atoms with Crippen molar-refractivity contribution in [2.75, 3.05) is 0 Å². The number of furan rings is 1. The molecule has 2 nitrogen and oxygen atoms in total. The highest BCUT2D eigenvalue weighted by Gasteiger charge is 2.18. The Morgan fingerprint density at radius 2 is 1.95 bits per heavy atom. The summed E-state index contributed by atoms with van der Waals surface area (Å²) in [5.41, 5.74) is 1.49. The molecule has 20 heavy (non-hydrogen) atoms. The molecule has 0 atom stereocenters. The van der Waals surface area contributed by atoms with E-state index in [4.69, 9.17) is 4.42 Å². The minimum atomic E-state index is -0.465. The summed E-state index contributed by atoms with van der Waals surface area (Å²) in [6.45, 7) is 1.85. The Labute approximate surface area is 123 Å². The molecule has 0 saturated heterocycles. The van der Waals surface area contributed by atoms with Crippen molar-refractivity contribution in [2.24, 2.45) is 0 Å². The van der Waals surface area contributed by atoms with Gasteiger partial charge in [-0.2, -0.15) is 0 Å². The lowest BCUT2D eigenvalue weighted by Gasteiger charge is -2.04. The van der Waals surface area contributed by atoms with E-state index in [0.717, 1.165) is 10.0 Å². The molecular formula is C16H10BrFO2. The molecule has 0 N–H and O–H groups in total. The standard InChI is InChI=1S/C16H10BrFO2/c1-9-11(5-3-6-12(9)17)15(19)14-8-10-4-2-7-13(18)16(10)20-14/h2-8H,1H3. The van der Waals surface area contributed by atoms with E-state index in [-0.39, 0.29) is 17.1 Å². The van der Waals surface area contributed by atoms with Gasteiger partial charge in [0, 0.05) is 15.4 Å². The van der Waals surface area contributed by atoms with Crippen LogP contribution in [0.1, 0.15) is 21.7 Å². The summed E-state index contributed by atoms with van der Waals surface area (Å²) in [6, 6.07) is 11.6. The summed E-state index contributed by atoms with van der Waals surface area (Å²) in [6.07, 6.45) is 0. The van der Waals surface area contributed by atoms with Crippen molar-refractivity contribution in [2.45, 2.75) is 6.92 Å². The molecule has 0 aliphatic rings. The quantitative estimate of drug-likeness (QED) is 0.626. The first-order valence-electron chi connectivity index (χ1n) is 6.06. The molecule has 1 heterocycles. The van der Waals surface area contributed by atoms with E-state index in [0.29, 0.717) is 10.9 Å². The maximum Gasteiger partial charge on any atom is 0.228 e. The van der Waals surface area contributed by atoms with Crippen molar-refractivity contribution in [3.8, 4) is 0 Å². The fourth-order valence-corrected chi connectivity index (χ4v) is 2.49. The predicted octanol–water partition coefficient (Wildman–Crippen LogP) is 4.87. The van der Waals surface area contributed by atoms with Crippen LogP contribution in [-0.2, 0) is 0 Å². The van der Waals surface area contributed by atoms with Crippen LogP contribution in [0.2, 0.25) is 0 Å². The summed E-state index contributed by atoms with van der Waals surface area (Å²) < 4.78 is 19.8. The molecule has 0 unspecified atom stereocenters. The van der Waals surface area contributed by atoms with Gasteiger partial charge < -0.3 is 4.42 Å². The van der Waals surface area contributed by atoms with Crippen LogP contribution in [0, 0.1) is 12.7 Å². The van der Waals surface area contributed by atoms with Crippen molar-refractivity contribution >= 4 is 32.7 Å². The number of ketones is 1. The van der Waals surface area contributed by atoms with Crippen LogP contribution in [0.25, 0.3) is 11.0 Å². The molecular weight excluding hydrogens is 323 g/mol. The van der Waals surface area contributed by atoms with Gasteiger partial charge in [-0.15, -0.1) is 0 Å². The molecule has 0 aliphatic carbocycles. The van der Waals surface area contributed by atoms with Gasteiger partial charge in [-0.05, 0) is 30.7 Å². The normalized spacial score (nSPS) is 10.9. The number of rotatable bonds is 2. The highest BCUT2D eigenvalue weighted by Crippen LogP contribution is 2.26. The largest absolute Gasteiger partial charge is 0.449 e. The van der Waals surface area contributed by atoms with Crippen molar-refractivity contribution in [3.63, 3.8) is 0 Å². The molecule has 0 aliphatic heterocycles. The first-order valence-corrected chi connectivity index (χ1v) is 6.85. The third-order valence-corrected chi connectivity index (χ3v) is 4.09. The maximum atomic E-state index is 13.6. The van der Waals surface area contributed by atoms with Gasteiger partial charge in [0.25, 0.3) is 0 Å². The Balaban J connectivity index is 2.13. The zero-order valence-corrected chi connectivity index (χ0v) is 12.2. The van der Waals surface area contributed by atoms with E-state index in [1.54, 1.807) is 30.3 Å². The fourth-order valence-electron chi connectivity index (χ4n) is 2.13. The number of para-hydroxylation sites is 1. The second kappa shape index (κ2) is 4.87. The third-order valence-electron chi connectivity index (χ3n) is 3.23. The van der Waals surface area contributed by atoms with Crippen LogP contribution in [0.5, 0.6) is 0 Å². The highest BCUT2D eigenvalue weighted by atomic mass is 79.9. The zero-order chi connectivity index (χ0) is 14.3. The number of hydrogen-bond acceptors (Lipinski definition) is 2. The number of hydrogen-bond donors (Lipinski definition) is 0. The molecule has 0 amide bonds. The van der Waals surface area contributed by atoms with Crippen molar-refractivity contribution < 1.29 is 13.6 Å². The Hall–Kier alpha value is -1.94. The number of benzene rings is 2. The average molecular weight is 333 g/mol. The molecule has 0 fully saturated rings. The van der Waals surface area contributed by atoms with Crippen LogP contribution in [0.4, 0.5) is 4.39 Å². The summed E-state index contributed by atoms with van der Waals surface area (Å²) in [4.78, 5) is 12.5. The Morgan fingerprint density at radius 1 is 1.20 bits per heavy atom. The Morgan fingerprint density at radius 3 is 2.70 bits per heavy atom. The summed E-state index contributed by atoms with van der Waals surface area (Å²) >= 11 is 3.39. The van der Waals surface area contributed by atoms with Crippen LogP contribution >= 0.6 is 15.9 Å². The second-order valence-corrected chi connectivity index (χ2v) is 5.36. The van der Waals surface area contributed by atoms with E-state index >= 15 is 0 Å². The fraction of sp³-hybridized carbons (Fsp3) is 0.0625. The minimum Gasteiger partial charge on any atom is -0.449 e. The number of carbonyl (C=O) groups excluding carboxylic acids is 1. The Kier molecular flexibility index (Phi) is 3.18. The lowest BCUT2D eigenvalue weighted by Crippen LogP contribution is -2.02. The summed E-state index contributed by atoms with van der Waals surface area (Å²) in [5.74, 6) is -0.571. The van der Waals surface area contributed by atoms with Crippen LogP contribution < -0.4 is 0 Å². The lowest BCUT2D eigenvalue weighted by molar-refractivity contribution is 0.101. The number of fused-ring (bicyclic) bond motifs is 1. The molecule has 0 saturated carbocycles. The maximum absolute atomic E-state index is 13.6. The van der Waals surface area contributed by atoms with Gasteiger partial charge >= 0.3 is 0 Å². The first-order chi connectivity index (χ1) is 9.58. The predicted molar refractivity (Wildman–Crippen MR) is 78.5 cm³/mol. The van der Waals surface area contributed by atoms with Crippen LogP contribution in [-0.4, -0.2) is 5.78 Å². The molecule has 100 valence electrons. The molecule has 3 rings (SSSR count). The average Bonchev–Trinajstić information content (AvgIpc) is 2.87. The van der Waals surface area contributed by atoms with E-state index in [1.165, 1.54) is 6.07 Å². The molecule has 0 bridgehead atoms. The molecule has 3 aromatic rings. The summed E-state index contributed by atoms with van der Waals surface area (Å²) in [7, 11) is 0. The topological polar surface area (TPSA) is 30.2 Å². The van der Waals surface area contributed by atoms with E-state index in [2.05, 4.69) is 15.9 Å². The second-order valence-electron chi connectivity index (χ2n) is 4.51. The van der Waals surface area contributed by atoms with E-state index in [1.807, 2.05) is 13.0 Å². The van der Waals surface area contributed by atoms with E-state index in [9.17, 15) is 9.18 Å². The van der Waals surface area contributed by atoms with Crippen LogP contribution in [0.3, 0.4) is 0 Å². The minimum absolute atomic E-state index is 0.114. The van der Waals surface area contributed by atoms with Crippen LogP contribution in [0.15, 0.2) is 51.4 Å². The third kappa shape index (κ3) is 2.06. The van der Waals surface area contributed by atoms with E-state index < -0.39 is 5.82 Å². The van der Waals surface area contributed by atoms with Gasteiger partial charge in [0.15, 0.2) is 17.2 Å².